The van der Waals surface area contributed by atoms with Crippen molar-refractivity contribution >= 4 is 11.9 Å². The second-order valence-electron chi connectivity index (χ2n) is 5.03. The van der Waals surface area contributed by atoms with Crippen molar-refractivity contribution in [1.29, 1.82) is 0 Å². The molecule has 5 nitrogen and oxygen atoms in total. The van der Waals surface area contributed by atoms with E-state index in [1.165, 1.54) is 0 Å². The number of ether oxygens (including phenoxy) is 1. The summed E-state index contributed by atoms with van der Waals surface area (Å²) in [5.41, 5.74) is 0. The van der Waals surface area contributed by atoms with Gasteiger partial charge in [0.25, 0.3) is 0 Å². The zero-order valence-corrected chi connectivity index (χ0v) is 14.5. The molecule has 0 aliphatic rings. The van der Waals surface area contributed by atoms with Crippen LogP contribution in [0.5, 0.6) is 0 Å². The topological polar surface area (TPSA) is 49.9 Å². The Hall–Kier alpha value is -0.940. The molecule has 124 valence electrons. The van der Waals surface area contributed by atoms with Gasteiger partial charge in [-0.3, -0.25) is 9.80 Å². The average molecular weight is 300 g/mol. The van der Waals surface area contributed by atoms with E-state index in [1.54, 1.807) is 0 Å². The molecule has 0 aliphatic heterocycles. The Bertz CT molecular complexity index is 283. The maximum Gasteiger partial charge on any atom is 0.331 e. The Kier molecular flexibility index (Phi) is 10.3. The van der Waals surface area contributed by atoms with E-state index in [9.17, 15) is 9.59 Å². The number of nitrogens with zero attached hydrogens (tertiary/aromatic N) is 2. The first-order chi connectivity index (χ1) is 10.00. The Morgan fingerprint density at radius 1 is 0.714 bits per heavy atom. The summed E-state index contributed by atoms with van der Waals surface area (Å²) in [6.45, 7) is 15.0. The van der Waals surface area contributed by atoms with Gasteiger partial charge in [0, 0.05) is 0 Å². The maximum absolute atomic E-state index is 12.3. The molecular formula is C16H32N2O3. The summed E-state index contributed by atoms with van der Waals surface area (Å²) in [6.07, 6.45) is 1.30. The highest BCUT2D eigenvalue weighted by atomic mass is 16.6. The van der Waals surface area contributed by atoms with E-state index in [-0.39, 0.29) is 12.1 Å². The molecular weight excluding hydrogens is 268 g/mol. The van der Waals surface area contributed by atoms with E-state index in [2.05, 4.69) is 0 Å². The summed E-state index contributed by atoms with van der Waals surface area (Å²) in [6, 6.07) is -0.670. The molecule has 21 heavy (non-hydrogen) atoms. The number of rotatable bonds is 10. The third-order valence-corrected chi connectivity index (χ3v) is 4.03. The van der Waals surface area contributed by atoms with Gasteiger partial charge >= 0.3 is 11.9 Å². The molecule has 5 heteroatoms. The Morgan fingerprint density at radius 2 is 1.00 bits per heavy atom. The molecule has 2 unspecified atom stereocenters. The van der Waals surface area contributed by atoms with Crippen molar-refractivity contribution in [3.63, 3.8) is 0 Å². The van der Waals surface area contributed by atoms with Crippen molar-refractivity contribution in [2.75, 3.05) is 26.2 Å². The average Bonchev–Trinajstić information content (AvgIpc) is 2.49. The van der Waals surface area contributed by atoms with Crippen LogP contribution >= 0.6 is 0 Å². The summed E-state index contributed by atoms with van der Waals surface area (Å²) in [5, 5.41) is 0. The van der Waals surface area contributed by atoms with Gasteiger partial charge in [0.1, 0.15) is 12.1 Å². The van der Waals surface area contributed by atoms with E-state index in [0.29, 0.717) is 12.8 Å². The molecule has 0 radical (unpaired) electrons. The van der Waals surface area contributed by atoms with Gasteiger partial charge in [0.15, 0.2) is 0 Å². The Morgan fingerprint density at radius 3 is 1.19 bits per heavy atom. The van der Waals surface area contributed by atoms with Crippen LogP contribution in [0.25, 0.3) is 0 Å². The zero-order valence-electron chi connectivity index (χ0n) is 14.5. The summed E-state index contributed by atoms with van der Waals surface area (Å²) in [5.74, 6) is -0.839. The molecule has 0 aliphatic carbocycles. The van der Waals surface area contributed by atoms with Crippen molar-refractivity contribution < 1.29 is 14.3 Å². The first-order valence-electron chi connectivity index (χ1n) is 8.23. The van der Waals surface area contributed by atoms with Gasteiger partial charge in [0.05, 0.1) is 0 Å². The minimum absolute atomic E-state index is 0.335. The van der Waals surface area contributed by atoms with Crippen molar-refractivity contribution in [2.45, 2.75) is 66.5 Å². The molecule has 0 saturated carbocycles. The summed E-state index contributed by atoms with van der Waals surface area (Å²) in [4.78, 5) is 28.6. The van der Waals surface area contributed by atoms with Crippen LogP contribution in [0.1, 0.15) is 54.4 Å². The fourth-order valence-electron chi connectivity index (χ4n) is 2.71. The molecule has 2 atom stereocenters. The van der Waals surface area contributed by atoms with Crippen molar-refractivity contribution in [2.24, 2.45) is 0 Å². The normalized spacial score (nSPS) is 14.3. The van der Waals surface area contributed by atoms with Crippen molar-refractivity contribution in [3.05, 3.63) is 0 Å². The van der Waals surface area contributed by atoms with E-state index in [1.807, 2.05) is 51.3 Å². The van der Waals surface area contributed by atoms with Crippen LogP contribution in [-0.4, -0.2) is 60.0 Å². The molecule has 0 spiro atoms. The number of esters is 2. The minimum atomic E-state index is -0.420. The SMILES string of the molecule is CCC(C(=O)OC(=O)C(CC)N(CC)CC)N(CC)CC. The number of likely N-dealkylation sites (N-methyl/N-ethyl adjacent to an activating group) is 2. The standard InChI is InChI=1S/C16H32N2O3/c1-7-13(17(9-3)10-4)15(19)21-16(20)14(8-2)18(11-5)12-6/h13-14H,7-12H2,1-6H3. The highest BCUT2D eigenvalue weighted by molar-refractivity contribution is 5.90. The van der Waals surface area contributed by atoms with E-state index in [0.717, 1.165) is 26.2 Å². The smallest absolute Gasteiger partial charge is 0.331 e. The van der Waals surface area contributed by atoms with Crippen LogP contribution in [0.3, 0.4) is 0 Å². The molecule has 0 amide bonds. The first-order valence-corrected chi connectivity index (χ1v) is 8.23. The highest BCUT2D eigenvalue weighted by Gasteiger charge is 2.30. The van der Waals surface area contributed by atoms with E-state index < -0.39 is 11.9 Å². The lowest BCUT2D eigenvalue weighted by Gasteiger charge is -2.29. The van der Waals surface area contributed by atoms with Gasteiger partial charge in [-0.15, -0.1) is 0 Å². The zero-order chi connectivity index (χ0) is 16.4. The van der Waals surface area contributed by atoms with Crippen LogP contribution in [0.15, 0.2) is 0 Å². The van der Waals surface area contributed by atoms with Gasteiger partial charge in [0.2, 0.25) is 0 Å². The van der Waals surface area contributed by atoms with E-state index in [4.69, 9.17) is 4.74 Å². The molecule has 0 heterocycles. The Labute approximate surface area is 129 Å². The van der Waals surface area contributed by atoms with Gasteiger partial charge in [-0.1, -0.05) is 41.5 Å². The van der Waals surface area contributed by atoms with Crippen LogP contribution < -0.4 is 0 Å². The largest absolute Gasteiger partial charge is 0.391 e. The molecule has 0 N–H and O–H groups in total. The predicted molar refractivity (Wildman–Crippen MR) is 85.1 cm³/mol. The number of carbonyl (C=O) groups excluding carboxylic acids is 2. The number of hydrogen-bond acceptors (Lipinski definition) is 5. The number of carbonyl (C=O) groups is 2. The highest BCUT2D eigenvalue weighted by Crippen LogP contribution is 2.10. The van der Waals surface area contributed by atoms with Crippen molar-refractivity contribution in [1.82, 2.24) is 9.80 Å². The van der Waals surface area contributed by atoms with Crippen molar-refractivity contribution in [3.8, 4) is 0 Å². The lowest BCUT2D eigenvalue weighted by Crippen LogP contribution is -2.46. The van der Waals surface area contributed by atoms with Gasteiger partial charge in [-0.05, 0) is 39.0 Å². The predicted octanol–water partition coefficient (Wildman–Crippen LogP) is 2.30. The molecule has 0 fully saturated rings. The maximum atomic E-state index is 12.3. The second-order valence-corrected chi connectivity index (χ2v) is 5.03. The van der Waals surface area contributed by atoms with Crippen LogP contribution in [0.4, 0.5) is 0 Å². The fraction of sp³-hybridized carbons (Fsp3) is 0.875. The van der Waals surface area contributed by atoms with Crippen LogP contribution in [-0.2, 0) is 14.3 Å². The molecule has 0 rings (SSSR count). The molecule has 0 saturated heterocycles. The monoisotopic (exact) mass is 300 g/mol. The third-order valence-electron chi connectivity index (χ3n) is 4.03. The second kappa shape index (κ2) is 10.7. The molecule has 0 aromatic carbocycles. The fourth-order valence-corrected chi connectivity index (χ4v) is 2.71. The quantitative estimate of drug-likeness (QED) is 0.458. The van der Waals surface area contributed by atoms with Gasteiger partial charge < -0.3 is 4.74 Å². The molecule has 0 aromatic heterocycles. The van der Waals surface area contributed by atoms with Gasteiger partial charge in [-0.25, -0.2) is 9.59 Å². The summed E-state index contributed by atoms with van der Waals surface area (Å²) in [7, 11) is 0. The minimum Gasteiger partial charge on any atom is -0.391 e. The first kappa shape index (κ1) is 20.1. The Balaban J connectivity index is 4.83. The third kappa shape index (κ3) is 5.75. The lowest BCUT2D eigenvalue weighted by atomic mass is 10.1. The van der Waals surface area contributed by atoms with Crippen LogP contribution in [0.2, 0.25) is 0 Å². The molecule has 0 aromatic rings. The van der Waals surface area contributed by atoms with Gasteiger partial charge in [-0.2, -0.15) is 0 Å². The lowest BCUT2D eigenvalue weighted by molar-refractivity contribution is -0.167. The van der Waals surface area contributed by atoms with Crippen LogP contribution in [0, 0.1) is 0 Å². The summed E-state index contributed by atoms with van der Waals surface area (Å²) >= 11 is 0. The molecule has 0 bridgehead atoms. The number of hydrogen-bond donors (Lipinski definition) is 0. The van der Waals surface area contributed by atoms with E-state index >= 15 is 0 Å². The summed E-state index contributed by atoms with van der Waals surface area (Å²) < 4.78 is 5.16.